The summed E-state index contributed by atoms with van der Waals surface area (Å²) in [6.45, 7) is 3.80. The van der Waals surface area contributed by atoms with Gasteiger partial charge in [-0.15, -0.1) is 0 Å². The molecule has 1 aliphatic rings. The van der Waals surface area contributed by atoms with Gasteiger partial charge in [0.1, 0.15) is 5.56 Å². The molecule has 1 aliphatic heterocycles. The van der Waals surface area contributed by atoms with Crippen molar-refractivity contribution < 1.29 is 4.74 Å². The number of ether oxygens (including phenoxy) is 1. The molecule has 20 heavy (non-hydrogen) atoms. The smallest absolute Gasteiger partial charge is 0.275 e. The Hall–Kier alpha value is -2.63. The van der Waals surface area contributed by atoms with Gasteiger partial charge in [0, 0.05) is 23.5 Å². The first-order valence-electron chi connectivity index (χ1n) is 6.33. The molecule has 0 saturated carbocycles. The molecule has 6 nitrogen and oxygen atoms in total. The molecule has 0 spiro atoms. The van der Waals surface area contributed by atoms with Gasteiger partial charge in [-0.05, 0) is 32.1 Å². The molecular weight excluding hydrogens is 256 g/mol. The lowest BCUT2D eigenvalue weighted by Crippen LogP contribution is -2.08. The molecule has 2 N–H and O–H groups in total. The van der Waals surface area contributed by atoms with Crippen LogP contribution in [0.2, 0.25) is 0 Å². The number of H-pyrrole nitrogens is 2. The van der Waals surface area contributed by atoms with Crippen LogP contribution in [0.4, 0.5) is 5.82 Å². The number of fused-ring (bicyclic) bond motifs is 1. The number of aromatic amines is 2. The van der Waals surface area contributed by atoms with E-state index in [0.29, 0.717) is 17.3 Å². The lowest BCUT2D eigenvalue weighted by Gasteiger charge is -2.07. The van der Waals surface area contributed by atoms with Crippen LogP contribution >= 0.6 is 0 Å². The van der Waals surface area contributed by atoms with Gasteiger partial charge in [-0.2, -0.15) is 0 Å². The Morgan fingerprint density at radius 2 is 2.20 bits per heavy atom. The molecule has 0 aromatic carbocycles. The molecule has 0 fully saturated rings. The van der Waals surface area contributed by atoms with Crippen molar-refractivity contribution in [3.05, 3.63) is 39.8 Å². The van der Waals surface area contributed by atoms with E-state index in [4.69, 9.17) is 4.74 Å². The van der Waals surface area contributed by atoms with Crippen molar-refractivity contribution in [2.75, 3.05) is 0 Å². The molecule has 2 aromatic rings. The minimum Gasteiger partial charge on any atom is -0.475 e. The van der Waals surface area contributed by atoms with Crippen molar-refractivity contribution >= 4 is 23.7 Å². The Bertz CT molecular complexity index is 753. The average molecular weight is 270 g/mol. The van der Waals surface area contributed by atoms with Crippen LogP contribution in [0.25, 0.3) is 11.6 Å². The van der Waals surface area contributed by atoms with Gasteiger partial charge in [0.15, 0.2) is 5.82 Å². The van der Waals surface area contributed by atoms with E-state index in [-0.39, 0.29) is 11.7 Å². The zero-order valence-electron chi connectivity index (χ0n) is 11.2. The molecule has 0 aliphatic carbocycles. The summed E-state index contributed by atoms with van der Waals surface area (Å²) in [5, 5.41) is 5.27. The average Bonchev–Trinajstić information content (AvgIpc) is 2.97. The predicted octanol–water partition coefficient (Wildman–Crippen LogP) is 2.14. The second kappa shape index (κ2) is 4.80. The topological polar surface area (TPSA) is 83.1 Å². The highest BCUT2D eigenvalue weighted by Crippen LogP contribution is 2.30. The van der Waals surface area contributed by atoms with E-state index < -0.39 is 0 Å². The van der Waals surface area contributed by atoms with E-state index in [9.17, 15) is 4.79 Å². The fourth-order valence-electron chi connectivity index (χ4n) is 2.01. The first-order valence-corrected chi connectivity index (χ1v) is 6.33. The number of nitrogens with zero attached hydrogens (tertiary/aromatic N) is 2. The van der Waals surface area contributed by atoms with Gasteiger partial charge in [-0.25, -0.2) is 9.98 Å². The predicted molar refractivity (Wildman–Crippen MR) is 77.4 cm³/mol. The summed E-state index contributed by atoms with van der Waals surface area (Å²) in [6.07, 6.45) is 5.12. The maximum atomic E-state index is 11.8. The van der Waals surface area contributed by atoms with Crippen LogP contribution in [0.15, 0.2) is 28.1 Å². The zero-order valence-corrected chi connectivity index (χ0v) is 11.2. The number of allylic oxidation sites excluding steroid dienone is 1. The normalized spacial score (nSPS) is 15.1. The molecule has 6 heteroatoms. The molecule has 0 radical (unpaired) electrons. The Labute approximate surface area is 115 Å². The Balaban J connectivity index is 2.04. The number of aliphatic imine (C=N–C) groups is 1. The van der Waals surface area contributed by atoms with Crippen LogP contribution in [-0.4, -0.2) is 27.5 Å². The van der Waals surface area contributed by atoms with Crippen LogP contribution in [0.1, 0.15) is 25.0 Å². The SMILES string of the molecule is CC(C)Oc1[nH][nH]c(=O)c1/C=C1/C=Nc2ncccc21. The maximum absolute atomic E-state index is 11.8. The van der Waals surface area contributed by atoms with E-state index in [1.165, 1.54) is 0 Å². The van der Waals surface area contributed by atoms with Gasteiger partial charge in [-0.3, -0.25) is 15.0 Å². The molecule has 2 aromatic heterocycles. The van der Waals surface area contributed by atoms with E-state index in [1.807, 2.05) is 26.0 Å². The summed E-state index contributed by atoms with van der Waals surface area (Å²) in [6, 6.07) is 3.76. The summed E-state index contributed by atoms with van der Waals surface area (Å²) in [5.41, 5.74) is 1.98. The van der Waals surface area contributed by atoms with E-state index in [2.05, 4.69) is 20.2 Å². The Morgan fingerprint density at radius 3 is 3.00 bits per heavy atom. The highest BCUT2D eigenvalue weighted by molar-refractivity contribution is 6.21. The number of aromatic nitrogens is 3. The van der Waals surface area contributed by atoms with Gasteiger partial charge >= 0.3 is 0 Å². The van der Waals surface area contributed by atoms with Crippen LogP contribution in [0.3, 0.4) is 0 Å². The first-order chi connectivity index (χ1) is 9.65. The second-order valence-electron chi connectivity index (χ2n) is 4.72. The Morgan fingerprint density at radius 1 is 1.35 bits per heavy atom. The maximum Gasteiger partial charge on any atom is 0.275 e. The van der Waals surface area contributed by atoms with Crippen molar-refractivity contribution in [3.8, 4) is 5.88 Å². The van der Waals surface area contributed by atoms with Crippen molar-refractivity contribution in [1.29, 1.82) is 0 Å². The molecule has 0 atom stereocenters. The number of pyridine rings is 1. The van der Waals surface area contributed by atoms with Gasteiger partial charge in [0.05, 0.1) is 6.10 Å². The largest absolute Gasteiger partial charge is 0.475 e. The van der Waals surface area contributed by atoms with Crippen molar-refractivity contribution in [3.63, 3.8) is 0 Å². The molecule has 102 valence electrons. The number of nitrogens with one attached hydrogen (secondary N) is 2. The molecule has 0 amide bonds. The summed E-state index contributed by atoms with van der Waals surface area (Å²) < 4.78 is 5.57. The first kappa shape index (κ1) is 12.4. The quantitative estimate of drug-likeness (QED) is 0.896. The van der Waals surface area contributed by atoms with Crippen LogP contribution in [0.5, 0.6) is 5.88 Å². The highest BCUT2D eigenvalue weighted by atomic mass is 16.5. The third kappa shape index (κ3) is 2.16. The number of hydrogen-bond donors (Lipinski definition) is 2. The summed E-state index contributed by atoms with van der Waals surface area (Å²) in [5.74, 6) is 1.10. The van der Waals surface area contributed by atoms with Crippen molar-refractivity contribution in [2.45, 2.75) is 20.0 Å². The van der Waals surface area contributed by atoms with E-state index in [0.717, 1.165) is 11.1 Å². The lowest BCUT2D eigenvalue weighted by molar-refractivity contribution is 0.232. The summed E-state index contributed by atoms with van der Waals surface area (Å²) >= 11 is 0. The molecule has 0 saturated heterocycles. The van der Waals surface area contributed by atoms with Gasteiger partial charge < -0.3 is 4.74 Å². The van der Waals surface area contributed by atoms with E-state index in [1.54, 1.807) is 18.5 Å². The summed E-state index contributed by atoms with van der Waals surface area (Å²) in [4.78, 5) is 20.2. The number of rotatable bonds is 3. The third-order valence-electron chi connectivity index (χ3n) is 2.86. The second-order valence-corrected chi connectivity index (χ2v) is 4.72. The molecular formula is C14H14N4O2. The Kier molecular flexibility index (Phi) is 2.98. The monoisotopic (exact) mass is 270 g/mol. The zero-order chi connectivity index (χ0) is 14.1. The minimum atomic E-state index is -0.223. The molecule has 3 rings (SSSR count). The van der Waals surface area contributed by atoms with Gasteiger partial charge in [0.25, 0.3) is 5.56 Å². The minimum absolute atomic E-state index is 0.0233. The fraction of sp³-hybridized carbons (Fsp3) is 0.214. The lowest BCUT2D eigenvalue weighted by atomic mass is 10.1. The van der Waals surface area contributed by atoms with Crippen LogP contribution in [0, 0.1) is 0 Å². The number of hydrogen-bond acceptors (Lipinski definition) is 4. The van der Waals surface area contributed by atoms with Crippen molar-refractivity contribution in [1.82, 2.24) is 15.2 Å². The van der Waals surface area contributed by atoms with Crippen LogP contribution < -0.4 is 10.3 Å². The molecule has 0 bridgehead atoms. The highest BCUT2D eigenvalue weighted by Gasteiger charge is 2.16. The fourth-order valence-corrected chi connectivity index (χ4v) is 2.01. The van der Waals surface area contributed by atoms with Crippen molar-refractivity contribution in [2.24, 2.45) is 4.99 Å². The van der Waals surface area contributed by atoms with Crippen LogP contribution in [-0.2, 0) is 0 Å². The van der Waals surface area contributed by atoms with E-state index >= 15 is 0 Å². The molecule has 0 unspecified atom stereocenters. The third-order valence-corrected chi connectivity index (χ3v) is 2.86. The standard InChI is InChI=1S/C14H14N4O2/c1-8(2)20-14-11(13(19)17-18-14)6-9-7-16-12-10(9)4-3-5-15-12/h3-8H,1-2H3,(H2,17,18,19)/b9-6-. The van der Waals surface area contributed by atoms with Gasteiger partial charge in [0.2, 0.25) is 5.88 Å². The summed E-state index contributed by atoms with van der Waals surface area (Å²) in [7, 11) is 0. The van der Waals surface area contributed by atoms with Gasteiger partial charge in [-0.1, -0.05) is 0 Å². The molecule has 3 heterocycles.